The highest BCUT2D eigenvalue weighted by Gasteiger charge is 2.12. The summed E-state index contributed by atoms with van der Waals surface area (Å²) in [5, 5.41) is 0. The van der Waals surface area contributed by atoms with E-state index in [1.54, 1.807) is 6.20 Å². The minimum atomic E-state index is -0.967. The third-order valence-electron chi connectivity index (χ3n) is 2.31. The minimum Gasteiger partial charge on any atom is -0.261 e. The van der Waals surface area contributed by atoms with Gasteiger partial charge in [-0.3, -0.25) is 4.98 Å². The molecule has 1 heterocycles. The monoisotopic (exact) mass is 240 g/mol. The van der Waals surface area contributed by atoms with Gasteiger partial charge in [-0.2, -0.15) is 0 Å². The predicted octanol–water partition coefficient (Wildman–Crippen LogP) is 2.36. The lowest BCUT2D eigenvalue weighted by Crippen LogP contribution is -2.25. The summed E-state index contributed by atoms with van der Waals surface area (Å²) in [6, 6.07) is 4.01. The van der Waals surface area contributed by atoms with E-state index in [2.05, 4.69) is 23.6 Å². The molecule has 0 aromatic carbocycles. The van der Waals surface area contributed by atoms with Gasteiger partial charge in [0.15, 0.2) is 0 Å². The maximum absolute atomic E-state index is 11.7. The van der Waals surface area contributed by atoms with Crippen LogP contribution < -0.4 is 4.72 Å². The largest absolute Gasteiger partial charge is 0.261 e. The van der Waals surface area contributed by atoms with Gasteiger partial charge in [0.25, 0.3) is 0 Å². The van der Waals surface area contributed by atoms with Crippen LogP contribution in [0.5, 0.6) is 0 Å². The van der Waals surface area contributed by atoms with Crippen LogP contribution >= 0.6 is 0 Å². The van der Waals surface area contributed by atoms with Gasteiger partial charge in [0, 0.05) is 23.7 Å². The van der Waals surface area contributed by atoms with Gasteiger partial charge in [0.1, 0.15) is 0 Å². The molecule has 0 radical (unpaired) electrons. The molecule has 0 unspecified atom stereocenters. The zero-order valence-corrected chi connectivity index (χ0v) is 11.2. The number of pyridine rings is 1. The first-order valence-electron chi connectivity index (χ1n) is 5.56. The fourth-order valence-corrected chi connectivity index (χ4v) is 2.79. The first-order valence-corrected chi connectivity index (χ1v) is 6.88. The highest BCUT2D eigenvalue weighted by Crippen LogP contribution is 2.15. The molecular weight excluding hydrogens is 220 g/mol. The van der Waals surface area contributed by atoms with E-state index >= 15 is 0 Å². The topological polar surface area (TPSA) is 42.0 Å². The van der Waals surface area contributed by atoms with E-state index in [4.69, 9.17) is 0 Å². The molecule has 1 rings (SSSR count). The number of nitrogens with one attached hydrogen (secondary N) is 1. The first-order chi connectivity index (χ1) is 7.50. The Morgan fingerprint density at radius 3 is 2.69 bits per heavy atom. The van der Waals surface area contributed by atoms with Crippen molar-refractivity contribution in [3.63, 3.8) is 0 Å². The summed E-state index contributed by atoms with van der Waals surface area (Å²) >= 11 is 0. The van der Waals surface area contributed by atoms with Crippen molar-refractivity contribution in [2.45, 2.75) is 33.7 Å². The van der Waals surface area contributed by atoms with Crippen LogP contribution in [0.3, 0.4) is 0 Å². The fraction of sp³-hybridized carbons (Fsp3) is 0.583. The van der Waals surface area contributed by atoms with Gasteiger partial charge in [-0.1, -0.05) is 19.9 Å². The van der Waals surface area contributed by atoms with E-state index in [1.165, 1.54) is 0 Å². The molecule has 0 saturated heterocycles. The molecular formula is C12H20N2OS. The average molecular weight is 240 g/mol. The lowest BCUT2D eigenvalue weighted by molar-refractivity contribution is 0.633. The molecule has 3 nitrogen and oxygen atoms in total. The van der Waals surface area contributed by atoms with Crippen LogP contribution in [0.2, 0.25) is 0 Å². The number of hydrogen-bond acceptors (Lipinski definition) is 2. The molecule has 0 amide bonds. The molecule has 1 aromatic rings. The van der Waals surface area contributed by atoms with E-state index in [0.29, 0.717) is 11.7 Å². The molecule has 0 aliphatic heterocycles. The van der Waals surface area contributed by atoms with E-state index < -0.39 is 11.0 Å². The minimum absolute atomic E-state index is 0.0771. The molecule has 0 saturated carbocycles. The molecule has 1 aromatic heterocycles. The first kappa shape index (κ1) is 13.3. The number of nitrogens with zero attached hydrogens (tertiary/aromatic N) is 1. The maximum Gasteiger partial charge on any atom is 0.0923 e. The average Bonchev–Trinajstić information content (AvgIpc) is 2.16. The van der Waals surface area contributed by atoms with Crippen LogP contribution in [-0.2, 0) is 11.0 Å². The van der Waals surface area contributed by atoms with Gasteiger partial charge < -0.3 is 0 Å². The summed E-state index contributed by atoms with van der Waals surface area (Å²) in [4.78, 5) is 4.23. The second-order valence-electron chi connectivity index (χ2n) is 4.42. The molecule has 0 fully saturated rings. The predicted molar refractivity (Wildman–Crippen MR) is 68.4 cm³/mol. The molecule has 0 spiro atoms. The van der Waals surface area contributed by atoms with Crippen LogP contribution in [0.4, 0.5) is 0 Å². The molecule has 90 valence electrons. The highest BCUT2D eigenvalue weighted by molar-refractivity contribution is 7.83. The molecule has 4 heteroatoms. The third-order valence-corrected chi connectivity index (χ3v) is 3.89. The van der Waals surface area contributed by atoms with Gasteiger partial charge in [0.2, 0.25) is 0 Å². The van der Waals surface area contributed by atoms with E-state index in [1.807, 2.05) is 26.0 Å². The van der Waals surface area contributed by atoms with Crippen molar-refractivity contribution in [3.8, 4) is 0 Å². The summed E-state index contributed by atoms with van der Waals surface area (Å²) in [5.41, 5.74) is 2.10. The van der Waals surface area contributed by atoms with Crippen LogP contribution in [0.15, 0.2) is 18.3 Å². The van der Waals surface area contributed by atoms with Crippen molar-refractivity contribution in [1.82, 2.24) is 9.71 Å². The van der Waals surface area contributed by atoms with Crippen molar-refractivity contribution in [2.24, 2.45) is 5.92 Å². The third kappa shape index (κ3) is 4.02. The fourth-order valence-electron chi connectivity index (χ4n) is 1.57. The molecule has 0 bridgehead atoms. The Hall–Kier alpha value is -0.740. The zero-order chi connectivity index (χ0) is 12.1. The lowest BCUT2D eigenvalue weighted by atomic mass is 10.1. The SMILES string of the molecule is Cc1ncccc1[C@@H](C)N[S@@](=O)CC(C)C. The molecule has 0 aliphatic rings. The van der Waals surface area contributed by atoms with Gasteiger partial charge in [-0.05, 0) is 31.4 Å². The summed E-state index contributed by atoms with van der Waals surface area (Å²) < 4.78 is 14.8. The Balaban J connectivity index is 2.62. The molecule has 0 aliphatic carbocycles. The van der Waals surface area contributed by atoms with Crippen LogP contribution in [0, 0.1) is 12.8 Å². The normalized spacial score (nSPS) is 15.1. The number of aryl methyl sites for hydroxylation is 1. The van der Waals surface area contributed by atoms with Gasteiger partial charge in [-0.15, -0.1) is 0 Å². The summed E-state index contributed by atoms with van der Waals surface area (Å²) in [6.45, 7) is 8.13. The molecule has 2 atom stereocenters. The Bertz CT molecular complexity index is 366. The van der Waals surface area contributed by atoms with Crippen molar-refractivity contribution < 1.29 is 4.21 Å². The Labute approximate surface area is 100 Å². The van der Waals surface area contributed by atoms with Crippen LogP contribution in [0.1, 0.15) is 38.1 Å². The van der Waals surface area contributed by atoms with Gasteiger partial charge in [-0.25, -0.2) is 8.93 Å². The summed E-state index contributed by atoms with van der Waals surface area (Å²) in [6.07, 6.45) is 1.77. The Morgan fingerprint density at radius 1 is 1.44 bits per heavy atom. The van der Waals surface area contributed by atoms with E-state index in [9.17, 15) is 4.21 Å². The standard InChI is InChI=1S/C12H20N2OS/c1-9(2)8-16(15)14-11(4)12-6-5-7-13-10(12)3/h5-7,9,11,14H,8H2,1-4H3/t11-,16+/m1/s1. The maximum atomic E-state index is 11.7. The van der Waals surface area contributed by atoms with E-state index in [-0.39, 0.29) is 6.04 Å². The zero-order valence-electron chi connectivity index (χ0n) is 10.4. The van der Waals surface area contributed by atoms with Gasteiger partial charge in [0.05, 0.1) is 11.0 Å². The van der Waals surface area contributed by atoms with Crippen molar-refractivity contribution in [1.29, 1.82) is 0 Å². The number of rotatable bonds is 5. The van der Waals surface area contributed by atoms with Crippen molar-refractivity contribution in [3.05, 3.63) is 29.6 Å². The summed E-state index contributed by atoms with van der Waals surface area (Å²) in [5.74, 6) is 1.12. The second kappa shape index (κ2) is 6.11. The van der Waals surface area contributed by atoms with Crippen molar-refractivity contribution in [2.75, 3.05) is 5.75 Å². The highest BCUT2D eigenvalue weighted by atomic mass is 32.2. The van der Waals surface area contributed by atoms with Gasteiger partial charge >= 0.3 is 0 Å². The number of hydrogen-bond donors (Lipinski definition) is 1. The lowest BCUT2D eigenvalue weighted by Gasteiger charge is -2.16. The van der Waals surface area contributed by atoms with Crippen molar-refractivity contribution >= 4 is 11.0 Å². The molecule has 16 heavy (non-hydrogen) atoms. The summed E-state index contributed by atoms with van der Waals surface area (Å²) in [7, 11) is -0.967. The van der Waals surface area contributed by atoms with E-state index in [0.717, 1.165) is 11.3 Å². The Kier molecular flexibility index (Phi) is 5.09. The van der Waals surface area contributed by atoms with Crippen LogP contribution in [-0.4, -0.2) is 14.9 Å². The molecule has 1 N–H and O–H groups in total. The smallest absolute Gasteiger partial charge is 0.0923 e. The number of aromatic nitrogens is 1. The Morgan fingerprint density at radius 2 is 2.12 bits per heavy atom. The second-order valence-corrected chi connectivity index (χ2v) is 5.68. The van der Waals surface area contributed by atoms with Crippen LogP contribution in [0.25, 0.3) is 0 Å². The quantitative estimate of drug-likeness (QED) is 0.858.